The summed E-state index contributed by atoms with van der Waals surface area (Å²) in [5.41, 5.74) is 2.58. The number of nitrogens with zero attached hydrogens (tertiary/aromatic N) is 2. The number of imidazole rings is 1. The number of benzene rings is 1. The zero-order valence-corrected chi connectivity index (χ0v) is 12.1. The lowest BCUT2D eigenvalue weighted by Crippen LogP contribution is -2.14. The van der Waals surface area contributed by atoms with Crippen molar-refractivity contribution in [3.05, 3.63) is 29.6 Å². The highest BCUT2D eigenvalue weighted by atomic mass is 16.5. The third kappa shape index (κ3) is 2.19. The standard InChI is InChI=1S/C16H20N2O2/c1-11-17-14-10-12(16(19)20-2)8-9-15(14)18(11)13-6-4-3-5-7-13/h8-10,13H,3-7H2,1-2H3. The van der Waals surface area contributed by atoms with E-state index in [0.717, 1.165) is 16.9 Å². The molecule has 0 unspecified atom stereocenters. The molecule has 1 saturated carbocycles. The van der Waals surface area contributed by atoms with Crippen LogP contribution in [0.2, 0.25) is 0 Å². The summed E-state index contributed by atoms with van der Waals surface area (Å²) in [4.78, 5) is 16.2. The summed E-state index contributed by atoms with van der Waals surface area (Å²) in [5, 5.41) is 0. The predicted molar refractivity (Wildman–Crippen MR) is 77.9 cm³/mol. The van der Waals surface area contributed by atoms with E-state index in [1.54, 1.807) is 0 Å². The van der Waals surface area contributed by atoms with E-state index in [-0.39, 0.29) is 5.97 Å². The highest BCUT2D eigenvalue weighted by Gasteiger charge is 2.20. The van der Waals surface area contributed by atoms with Crippen LogP contribution in [0.4, 0.5) is 0 Å². The largest absolute Gasteiger partial charge is 0.465 e. The van der Waals surface area contributed by atoms with E-state index < -0.39 is 0 Å². The Labute approximate surface area is 118 Å². The molecule has 0 spiro atoms. The number of hydrogen-bond acceptors (Lipinski definition) is 3. The maximum atomic E-state index is 11.6. The minimum absolute atomic E-state index is 0.309. The van der Waals surface area contributed by atoms with E-state index in [2.05, 4.69) is 9.55 Å². The number of aryl methyl sites for hydroxylation is 1. The third-order valence-corrected chi connectivity index (χ3v) is 4.23. The SMILES string of the molecule is COC(=O)c1ccc2c(c1)nc(C)n2C1CCCCC1. The molecule has 1 aromatic heterocycles. The van der Waals surface area contributed by atoms with Gasteiger partial charge in [0.1, 0.15) is 5.82 Å². The van der Waals surface area contributed by atoms with Crippen molar-refractivity contribution in [3.63, 3.8) is 0 Å². The molecule has 0 atom stereocenters. The number of aromatic nitrogens is 2. The molecule has 1 fully saturated rings. The smallest absolute Gasteiger partial charge is 0.337 e. The lowest BCUT2D eigenvalue weighted by molar-refractivity contribution is 0.0601. The number of fused-ring (bicyclic) bond motifs is 1. The van der Waals surface area contributed by atoms with Crippen molar-refractivity contribution in [1.82, 2.24) is 9.55 Å². The predicted octanol–water partition coefficient (Wildman–Crippen LogP) is 3.64. The number of hydrogen-bond donors (Lipinski definition) is 0. The third-order valence-electron chi connectivity index (χ3n) is 4.23. The van der Waals surface area contributed by atoms with Crippen LogP contribution >= 0.6 is 0 Å². The Balaban J connectivity index is 2.05. The van der Waals surface area contributed by atoms with Crippen LogP contribution in [-0.4, -0.2) is 22.6 Å². The fourth-order valence-electron chi connectivity index (χ4n) is 3.26. The molecule has 0 aliphatic heterocycles. The Morgan fingerprint density at radius 2 is 2.05 bits per heavy atom. The average molecular weight is 272 g/mol. The van der Waals surface area contributed by atoms with E-state index in [1.165, 1.54) is 39.2 Å². The van der Waals surface area contributed by atoms with Crippen molar-refractivity contribution in [3.8, 4) is 0 Å². The Kier molecular flexibility index (Phi) is 3.47. The number of rotatable bonds is 2. The minimum atomic E-state index is -0.309. The molecule has 0 amide bonds. The first-order chi connectivity index (χ1) is 9.70. The summed E-state index contributed by atoms with van der Waals surface area (Å²) >= 11 is 0. The van der Waals surface area contributed by atoms with E-state index in [9.17, 15) is 4.79 Å². The molecule has 0 radical (unpaired) electrons. The molecule has 0 N–H and O–H groups in total. The lowest BCUT2D eigenvalue weighted by atomic mass is 9.95. The molecular formula is C16H20N2O2. The van der Waals surface area contributed by atoms with Gasteiger partial charge in [0, 0.05) is 6.04 Å². The molecule has 3 rings (SSSR count). The van der Waals surface area contributed by atoms with Crippen LogP contribution in [0.25, 0.3) is 11.0 Å². The van der Waals surface area contributed by atoms with Gasteiger partial charge in [0.25, 0.3) is 0 Å². The Morgan fingerprint density at radius 1 is 1.30 bits per heavy atom. The Bertz CT molecular complexity index is 639. The van der Waals surface area contributed by atoms with Crippen molar-refractivity contribution < 1.29 is 9.53 Å². The van der Waals surface area contributed by atoms with E-state index in [4.69, 9.17) is 4.74 Å². The maximum Gasteiger partial charge on any atom is 0.337 e. The molecule has 0 saturated heterocycles. The Morgan fingerprint density at radius 3 is 2.75 bits per heavy atom. The van der Waals surface area contributed by atoms with Gasteiger partial charge in [0.15, 0.2) is 0 Å². The first kappa shape index (κ1) is 13.2. The van der Waals surface area contributed by atoms with Gasteiger partial charge in [0.2, 0.25) is 0 Å². The zero-order valence-electron chi connectivity index (χ0n) is 12.1. The number of carbonyl (C=O) groups is 1. The van der Waals surface area contributed by atoms with Crippen LogP contribution in [0.5, 0.6) is 0 Å². The fraction of sp³-hybridized carbons (Fsp3) is 0.500. The van der Waals surface area contributed by atoms with E-state index in [1.807, 2.05) is 25.1 Å². The average Bonchev–Trinajstić information content (AvgIpc) is 2.82. The summed E-state index contributed by atoms with van der Waals surface area (Å²) in [6.07, 6.45) is 6.39. The van der Waals surface area contributed by atoms with Crippen LogP contribution in [0.1, 0.15) is 54.3 Å². The number of ether oxygens (including phenoxy) is 1. The summed E-state index contributed by atoms with van der Waals surface area (Å²) in [7, 11) is 1.40. The molecule has 1 aliphatic carbocycles. The summed E-state index contributed by atoms with van der Waals surface area (Å²) < 4.78 is 7.11. The van der Waals surface area contributed by atoms with Gasteiger partial charge in [-0.2, -0.15) is 0 Å². The highest BCUT2D eigenvalue weighted by Crippen LogP contribution is 2.32. The fourth-order valence-corrected chi connectivity index (χ4v) is 3.26. The normalized spacial score (nSPS) is 16.5. The molecule has 106 valence electrons. The summed E-state index contributed by atoms with van der Waals surface area (Å²) in [6, 6.07) is 6.20. The first-order valence-corrected chi connectivity index (χ1v) is 7.27. The van der Waals surface area contributed by atoms with Crippen LogP contribution in [0.15, 0.2) is 18.2 Å². The van der Waals surface area contributed by atoms with Gasteiger partial charge in [0.05, 0.1) is 23.7 Å². The number of methoxy groups -OCH3 is 1. The number of esters is 1. The highest BCUT2D eigenvalue weighted by molar-refractivity contribution is 5.93. The first-order valence-electron chi connectivity index (χ1n) is 7.27. The molecule has 0 bridgehead atoms. The second-order valence-electron chi connectivity index (χ2n) is 5.52. The van der Waals surface area contributed by atoms with Crippen LogP contribution < -0.4 is 0 Å². The van der Waals surface area contributed by atoms with Crippen LogP contribution in [-0.2, 0) is 4.74 Å². The van der Waals surface area contributed by atoms with Gasteiger partial charge < -0.3 is 9.30 Å². The summed E-state index contributed by atoms with van der Waals surface area (Å²) in [5.74, 6) is 0.727. The molecule has 2 aromatic rings. The van der Waals surface area contributed by atoms with Gasteiger partial charge in [-0.15, -0.1) is 0 Å². The van der Waals surface area contributed by atoms with E-state index >= 15 is 0 Å². The molecule has 4 heteroatoms. The zero-order chi connectivity index (χ0) is 14.1. The molecule has 1 heterocycles. The van der Waals surface area contributed by atoms with Crippen molar-refractivity contribution in [2.75, 3.05) is 7.11 Å². The second-order valence-corrected chi connectivity index (χ2v) is 5.52. The van der Waals surface area contributed by atoms with Gasteiger partial charge in [-0.05, 0) is 38.0 Å². The van der Waals surface area contributed by atoms with Crippen molar-refractivity contribution in [1.29, 1.82) is 0 Å². The monoisotopic (exact) mass is 272 g/mol. The number of carbonyl (C=O) groups excluding carboxylic acids is 1. The Hall–Kier alpha value is -1.84. The van der Waals surface area contributed by atoms with Crippen LogP contribution in [0, 0.1) is 6.92 Å². The van der Waals surface area contributed by atoms with Crippen LogP contribution in [0.3, 0.4) is 0 Å². The quantitative estimate of drug-likeness (QED) is 0.784. The molecule has 20 heavy (non-hydrogen) atoms. The van der Waals surface area contributed by atoms with Crippen molar-refractivity contribution >= 4 is 17.0 Å². The van der Waals surface area contributed by atoms with Gasteiger partial charge >= 0.3 is 5.97 Å². The molecular weight excluding hydrogens is 252 g/mol. The molecule has 1 aliphatic rings. The van der Waals surface area contributed by atoms with E-state index in [0.29, 0.717) is 11.6 Å². The van der Waals surface area contributed by atoms with Gasteiger partial charge in [-0.1, -0.05) is 19.3 Å². The minimum Gasteiger partial charge on any atom is -0.465 e. The molecule has 1 aromatic carbocycles. The maximum absolute atomic E-state index is 11.6. The van der Waals surface area contributed by atoms with Gasteiger partial charge in [-0.25, -0.2) is 9.78 Å². The topological polar surface area (TPSA) is 44.1 Å². The molecule has 4 nitrogen and oxygen atoms in total. The van der Waals surface area contributed by atoms with Crippen molar-refractivity contribution in [2.24, 2.45) is 0 Å². The van der Waals surface area contributed by atoms with Gasteiger partial charge in [-0.3, -0.25) is 0 Å². The summed E-state index contributed by atoms with van der Waals surface area (Å²) in [6.45, 7) is 2.05. The van der Waals surface area contributed by atoms with Crippen molar-refractivity contribution in [2.45, 2.75) is 45.1 Å². The second kappa shape index (κ2) is 5.27. The lowest BCUT2D eigenvalue weighted by Gasteiger charge is -2.25.